The van der Waals surface area contributed by atoms with E-state index in [0.717, 1.165) is 24.3 Å². The highest BCUT2D eigenvalue weighted by Crippen LogP contribution is 2.21. The van der Waals surface area contributed by atoms with Crippen molar-refractivity contribution in [3.63, 3.8) is 0 Å². The molecule has 3 rings (SSSR count). The largest absolute Gasteiger partial charge is 0.452 e. The van der Waals surface area contributed by atoms with E-state index in [2.05, 4.69) is 10.2 Å². The lowest BCUT2D eigenvalue weighted by Crippen LogP contribution is -2.20. The van der Waals surface area contributed by atoms with Crippen LogP contribution in [-0.2, 0) is 14.3 Å². The van der Waals surface area contributed by atoms with Gasteiger partial charge in [-0.25, -0.2) is 4.79 Å². The first-order valence-electron chi connectivity index (χ1n) is 8.75. The topological polar surface area (TPSA) is 58.6 Å². The van der Waals surface area contributed by atoms with Gasteiger partial charge in [-0.1, -0.05) is 30.3 Å². The number of hydrogen-bond donors (Lipinski definition) is 1. The van der Waals surface area contributed by atoms with Crippen LogP contribution in [-0.4, -0.2) is 31.6 Å². The first-order chi connectivity index (χ1) is 12.7. The van der Waals surface area contributed by atoms with E-state index in [1.165, 1.54) is 18.9 Å². The van der Waals surface area contributed by atoms with Gasteiger partial charge < -0.3 is 15.0 Å². The molecule has 0 aromatic heterocycles. The summed E-state index contributed by atoms with van der Waals surface area (Å²) in [6.07, 6.45) is 5.41. The van der Waals surface area contributed by atoms with Crippen molar-refractivity contribution in [1.29, 1.82) is 0 Å². The zero-order chi connectivity index (χ0) is 18.2. The van der Waals surface area contributed by atoms with E-state index in [1.807, 2.05) is 54.6 Å². The fourth-order valence-corrected chi connectivity index (χ4v) is 2.84. The third kappa shape index (κ3) is 5.21. The smallest absolute Gasteiger partial charge is 0.331 e. The number of anilines is 2. The van der Waals surface area contributed by atoms with E-state index in [4.69, 9.17) is 4.74 Å². The van der Waals surface area contributed by atoms with Gasteiger partial charge in [0.1, 0.15) is 0 Å². The minimum Gasteiger partial charge on any atom is -0.452 e. The van der Waals surface area contributed by atoms with Gasteiger partial charge >= 0.3 is 5.97 Å². The number of nitrogens with zero attached hydrogens (tertiary/aromatic N) is 1. The SMILES string of the molecule is O=C(COC(=O)/C=C/c1ccccc1)Nc1ccc(N2CCCC2)cc1. The second-order valence-corrected chi connectivity index (χ2v) is 6.14. The molecule has 2 aromatic carbocycles. The monoisotopic (exact) mass is 350 g/mol. The van der Waals surface area contributed by atoms with Crippen molar-refractivity contribution in [2.24, 2.45) is 0 Å². The van der Waals surface area contributed by atoms with Crippen molar-refractivity contribution < 1.29 is 14.3 Å². The van der Waals surface area contributed by atoms with Crippen LogP contribution in [0, 0.1) is 0 Å². The van der Waals surface area contributed by atoms with Crippen LogP contribution in [0.25, 0.3) is 6.08 Å². The lowest BCUT2D eigenvalue weighted by Gasteiger charge is -2.17. The average molecular weight is 350 g/mol. The fraction of sp³-hybridized carbons (Fsp3) is 0.238. The predicted octanol–water partition coefficient (Wildman–Crippen LogP) is 3.48. The molecule has 0 saturated carbocycles. The molecule has 5 heteroatoms. The van der Waals surface area contributed by atoms with Crippen LogP contribution < -0.4 is 10.2 Å². The Balaban J connectivity index is 1.43. The maximum Gasteiger partial charge on any atom is 0.331 e. The molecule has 0 unspecified atom stereocenters. The highest BCUT2D eigenvalue weighted by molar-refractivity contribution is 5.94. The molecule has 0 bridgehead atoms. The summed E-state index contributed by atoms with van der Waals surface area (Å²) in [6.45, 7) is 1.85. The lowest BCUT2D eigenvalue weighted by molar-refractivity contribution is -0.142. The summed E-state index contributed by atoms with van der Waals surface area (Å²) in [5, 5.41) is 2.73. The van der Waals surface area contributed by atoms with E-state index >= 15 is 0 Å². The van der Waals surface area contributed by atoms with E-state index in [0.29, 0.717) is 5.69 Å². The highest BCUT2D eigenvalue weighted by atomic mass is 16.5. The Kier molecular flexibility index (Phi) is 6.04. The lowest BCUT2D eigenvalue weighted by atomic mass is 10.2. The molecule has 1 aliphatic heterocycles. The summed E-state index contributed by atoms with van der Waals surface area (Å²) < 4.78 is 4.96. The number of hydrogen-bond acceptors (Lipinski definition) is 4. The van der Waals surface area contributed by atoms with Crippen LogP contribution in [0.15, 0.2) is 60.7 Å². The summed E-state index contributed by atoms with van der Waals surface area (Å²) >= 11 is 0. The molecule has 26 heavy (non-hydrogen) atoms. The number of carbonyl (C=O) groups is 2. The molecule has 1 aliphatic rings. The summed E-state index contributed by atoms with van der Waals surface area (Å²) in [4.78, 5) is 25.9. The van der Waals surface area contributed by atoms with Crippen molar-refractivity contribution in [3.05, 3.63) is 66.2 Å². The normalized spacial score (nSPS) is 13.8. The summed E-state index contributed by atoms with van der Waals surface area (Å²) in [5.41, 5.74) is 2.75. The number of esters is 1. The van der Waals surface area contributed by atoms with E-state index in [9.17, 15) is 9.59 Å². The maximum absolute atomic E-state index is 11.9. The minimum atomic E-state index is -0.548. The summed E-state index contributed by atoms with van der Waals surface area (Å²) in [7, 11) is 0. The molecule has 1 N–H and O–H groups in total. The van der Waals surface area contributed by atoms with Crippen LogP contribution in [0.1, 0.15) is 18.4 Å². The molecule has 1 saturated heterocycles. The molecule has 0 atom stereocenters. The molecule has 134 valence electrons. The molecular formula is C21H22N2O3. The van der Waals surface area contributed by atoms with Gasteiger partial charge in [0.15, 0.2) is 6.61 Å². The standard InChI is InChI=1S/C21H22N2O3/c24-20(16-26-21(25)13-8-17-6-2-1-3-7-17)22-18-9-11-19(12-10-18)23-14-4-5-15-23/h1-3,6-13H,4-5,14-16H2,(H,22,24)/b13-8+. The van der Waals surface area contributed by atoms with Crippen molar-refractivity contribution in [2.45, 2.75) is 12.8 Å². The van der Waals surface area contributed by atoms with Gasteiger partial charge in [0.05, 0.1) is 0 Å². The molecule has 1 fully saturated rings. The summed E-state index contributed by atoms with van der Waals surface area (Å²) in [5.74, 6) is -0.909. The van der Waals surface area contributed by atoms with Crippen molar-refractivity contribution >= 4 is 29.3 Å². The Bertz CT molecular complexity index is 764. The first kappa shape index (κ1) is 17.7. The van der Waals surface area contributed by atoms with Gasteiger partial charge in [-0.15, -0.1) is 0 Å². The molecular weight excluding hydrogens is 328 g/mol. The Morgan fingerprint density at radius 2 is 1.69 bits per heavy atom. The number of carbonyl (C=O) groups excluding carboxylic acids is 2. The predicted molar refractivity (Wildman–Crippen MR) is 103 cm³/mol. The Labute approximate surface area is 153 Å². The van der Waals surface area contributed by atoms with Crippen molar-refractivity contribution in [2.75, 3.05) is 29.9 Å². The van der Waals surface area contributed by atoms with E-state index < -0.39 is 5.97 Å². The Morgan fingerprint density at radius 3 is 2.38 bits per heavy atom. The van der Waals surface area contributed by atoms with Crippen molar-refractivity contribution in [3.8, 4) is 0 Å². The van der Waals surface area contributed by atoms with E-state index in [-0.39, 0.29) is 12.5 Å². The maximum atomic E-state index is 11.9. The molecule has 5 nitrogen and oxygen atoms in total. The molecule has 1 heterocycles. The highest BCUT2D eigenvalue weighted by Gasteiger charge is 2.12. The van der Waals surface area contributed by atoms with Crippen LogP contribution in [0.2, 0.25) is 0 Å². The third-order valence-corrected chi connectivity index (χ3v) is 4.18. The second kappa shape index (κ2) is 8.85. The molecule has 0 spiro atoms. The first-order valence-corrected chi connectivity index (χ1v) is 8.75. The van der Waals surface area contributed by atoms with Crippen molar-refractivity contribution in [1.82, 2.24) is 0 Å². The molecule has 2 aromatic rings. The zero-order valence-electron chi connectivity index (χ0n) is 14.6. The van der Waals surface area contributed by atoms with E-state index in [1.54, 1.807) is 6.08 Å². The van der Waals surface area contributed by atoms with Crippen LogP contribution in [0.4, 0.5) is 11.4 Å². The van der Waals surface area contributed by atoms with Gasteiger partial charge in [0.2, 0.25) is 0 Å². The third-order valence-electron chi connectivity index (χ3n) is 4.18. The molecule has 0 aliphatic carbocycles. The molecule has 0 radical (unpaired) electrons. The number of amides is 1. The zero-order valence-corrected chi connectivity index (χ0v) is 14.6. The minimum absolute atomic E-state index is 0.314. The number of benzene rings is 2. The van der Waals surface area contributed by atoms with Gasteiger partial charge in [-0.05, 0) is 48.7 Å². The van der Waals surface area contributed by atoms with Gasteiger partial charge in [0.25, 0.3) is 5.91 Å². The Morgan fingerprint density at radius 1 is 1.00 bits per heavy atom. The van der Waals surface area contributed by atoms with Gasteiger partial charge in [0, 0.05) is 30.5 Å². The van der Waals surface area contributed by atoms with Gasteiger partial charge in [-0.2, -0.15) is 0 Å². The molecule has 1 amide bonds. The van der Waals surface area contributed by atoms with Crippen LogP contribution in [0.5, 0.6) is 0 Å². The Hall–Kier alpha value is -3.08. The number of nitrogens with one attached hydrogen (secondary N) is 1. The van der Waals surface area contributed by atoms with Crippen LogP contribution in [0.3, 0.4) is 0 Å². The number of rotatable bonds is 6. The summed E-state index contributed by atoms with van der Waals surface area (Å²) in [6, 6.07) is 17.1. The average Bonchev–Trinajstić information content (AvgIpc) is 3.21. The van der Waals surface area contributed by atoms with Gasteiger partial charge in [-0.3, -0.25) is 4.79 Å². The van der Waals surface area contributed by atoms with Crippen LogP contribution >= 0.6 is 0 Å². The second-order valence-electron chi connectivity index (χ2n) is 6.14. The quantitative estimate of drug-likeness (QED) is 0.640. The fourth-order valence-electron chi connectivity index (χ4n) is 2.84. The number of ether oxygens (including phenoxy) is 1.